The molecule has 22 heavy (non-hydrogen) atoms. The van der Waals surface area contributed by atoms with E-state index in [2.05, 4.69) is 22.9 Å². The summed E-state index contributed by atoms with van der Waals surface area (Å²) >= 11 is 1.73. The highest BCUT2D eigenvalue weighted by molar-refractivity contribution is 7.09. The highest BCUT2D eigenvalue weighted by Gasteiger charge is 2.24. The first-order chi connectivity index (χ1) is 10.6. The van der Waals surface area contributed by atoms with E-state index in [1.54, 1.807) is 11.3 Å². The van der Waals surface area contributed by atoms with Gasteiger partial charge < -0.3 is 9.64 Å². The fourth-order valence-electron chi connectivity index (χ4n) is 2.57. The van der Waals surface area contributed by atoms with Crippen LogP contribution in [0.1, 0.15) is 22.4 Å². The molecule has 0 spiro atoms. The van der Waals surface area contributed by atoms with Crippen LogP contribution in [-0.4, -0.2) is 48.7 Å². The molecular formula is C16H22N4OS. The van der Waals surface area contributed by atoms with Crippen LogP contribution in [0.3, 0.4) is 0 Å². The van der Waals surface area contributed by atoms with E-state index in [0.29, 0.717) is 0 Å². The number of aromatic nitrogens is 2. The summed E-state index contributed by atoms with van der Waals surface area (Å²) in [5.74, 6) is 0.969. The number of pyridine rings is 1. The number of ether oxygens (including phenoxy) is 1. The van der Waals surface area contributed by atoms with Gasteiger partial charge in [0.1, 0.15) is 11.9 Å². The van der Waals surface area contributed by atoms with Gasteiger partial charge in [0.25, 0.3) is 0 Å². The first-order valence-electron chi connectivity index (χ1n) is 7.50. The van der Waals surface area contributed by atoms with Gasteiger partial charge in [-0.05, 0) is 19.1 Å². The van der Waals surface area contributed by atoms with Crippen molar-refractivity contribution in [3.8, 4) is 0 Å². The van der Waals surface area contributed by atoms with E-state index in [1.165, 1.54) is 4.88 Å². The molecule has 1 atom stereocenters. The maximum Gasteiger partial charge on any atom is 0.128 e. The van der Waals surface area contributed by atoms with Crippen LogP contribution in [0.5, 0.6) is 0 Å². The topological polar surface area (TPSA) is 41.5 Å². The van der Waals surface area contributed by atoms with Gasteiger partial charge in [0.05, 0.1) is 23.5 Å². The lowest BCUT2D eigenvalue weighted by atomic mass is 10.2. The van der Waals surface area contributed by atoms with Crippen molar-refractivity contribution in [1.82, 2.24) is 14.9 Å². The fourth-order valence-corrected chi connectivity index (χ4v) is 3.39. The number of rotatable bonds is 4. The minimum atomic E-state index is 0.0434. The Balaban J connectivity index is 1.70. The highest BCUT2D eigenvalue weighted by Crippen LogP contribution is 2.24. The molecule has 1 aliphatic rings. The van der Waals surface area contributed by atoms with Crippen LogP contribution in [0.4, 0.5) is 5.82 Å². The van der Waals surface area contributed by atoms with Gasteiger partial charge >= 0.3 is 0 Å². The third-order valence-corrected chi connectivity index (χ3v) is 4.83. The van der Waals surface area contributed by atoms with Crippen molar-refractivity contribution >= 4 is 17.2 Å². The molecule has 0 aliphatic carbocycles. The molecule has 3 heterocycles. The van der Waals surface area contributed by atoms with Crippen LogP contribution < -0.4 is 4.90 Å². The molecule has 0 unspecified atom stereocenters. The van der Waals surface area contributed by atoms with Gasteiger partial charge in [-0.3, -0.25) is 4.90 Å². The normalized spacial score (nSPS) is 19.3. The Bertz CT molecular complexity index is 628. The van der Waals surface area contributed by atoms with E-state index in [-0.39, 0.29) is 6.10 Å². The van der Waals surface area contributed by atoms with Crippen molar-refractivity contribution in [2.45, 2.75) is 19.6 Å². The lowest BCUT2D eigenvalue weighted by Gasteiger charge is -2.32. The zero-order valence-electron chi connectivity index (χ0n) is 13.3. The van der Waals surface area contributed by atoms with Crippen LogP contribution in [-0.2, 0) is 11.3 Å². The first kappa shape index (κ1) is 15.4. The van der Waals surface area contributed by atoms with Gasteiger partial charge in [0, 0.05) is 38.6 Å². The smallest absolute Gasteiger partial charge is 0.128 e. The predicted octanol–water partition coefficient (Wildman–Crippen LogP) is 2.49. The summed E-state index contributed by atoms with van der Waals surface area (Å²) in [6, 6.07) is 6.12. The van der Waals surface area contributed by atoms with E-state index < -0.39 is 0 Å². The first-order valence-corrected chi connectivity index (χ1v) is 8.38. The van der Waals surface area contributed by atoms with E-state index >= 15 is 0 Å². The van der Waals surface area contributed by atoms with E-state index in [1.807, 2.05) is 36.6 Å². The number of thiazole rings is 1. The molecule has 1 aliphatic heterocycles. The molecule has 3 rings (SSSR count). The number of hydrogen-bond acceptors (Lipinski definition) is 6. The number of aryl methyl sites for hydroxylation is 1. The molecule has 2 aromatic heterocycles. The second kappa shape index (κ2) is 6.73. The third-order valence-electron chi connectivity index (χ3n) is 3.91. The van der Waals surface area contributed by atoms with E-state index in [4.69, 9.17) is 9.72 Å². The van der Waals surface area contributed by atoms with Crippen molar-refractivity contribution in [3.05, 3.63) is 40.0 Å². The molecular weight excluding hydrogens is 296 g/mol. The molecule has 118 valence electrons. The fraction of sp³-hybridized carbons (Fsp3) is 0.500. The Hall–Kier alpha value is -1.50. The second-order valence-electron chi connectivity index (χ2n) is 5.77. The summed E-state index contributed by atoms with van der Waals surface area (Å²) in [6.07, 6.45) is 0.0434. The zero-order chi connectivity index (χ0) is 15.5. The van der Waals surface area contributed by atoms with Gasteiger partial charge in [-0.2, -0.15) is 0 Å². The second-order valence-corrected chi connectivity index (χ2v) is 6.71. The molecule has 0 N–H and O–H groups in total. The molecule has 0 radical (unpaired) electrons. The Morgan fingerprint density at radius 2 is 2.27 bits per heavy atom. The summed E-state index contributed by atoms with van der Waals surface area (Å²) in [4.78, 5) is 14.8. The van der Waals surface area contributed by atoms with Gasteiger partial charge in [0.2, 0.25) is 0 Å². The molecule has 2 aromatic rings. The Morgan fingerprint density at radius 1 is 1.41 bits per heavy atom. The van der Waals surface area contributed by atoms with Crippen LogP contribution in [0.2, 0.25) is 0 Å². The predicted molar refractivity (Wildman–Crippen MR) is 89.4 cm³/mol. The number of anilines is 1. The zero-order valence-corrected chi connectivity index (χ0v) is 14.1. The van der Waals surface area contributed by atoms with Gasteiger partial charge in [-0.1, -0.05) is 6.07 Å². The molecule has 0 amide bonds. The minimum Gasteiger partial charge on any atom is -0.369 e. The molecule has 5 nitrogen and oxygen atoms in total. The van der Waals surface area contributed by atoms with Gasteiger partial charge in [-0.15, -0.1) is 11.3 Å². The van der Waals surface area contributed by atoms with Crippen LogP contribution in [0.25, 0.3) is 0 Å². The SMILES string of the molecule is Cc1ncsc1CN1CCO[C@H](c2cccc(N(C)C)n2)C1. The lowest BCUT2D eigenvalue weighted by molar-refractivity contribution is -0.0347. The summed E-state index contributed by atoms with van der Waals surface area (Å²) in [5, 5.41) is 0. The lowest BCUT2D eigenvalue weighted by Crippen LogP contribution is -2.38. The molecule has 1 fully saturated rings. The van der Waals surface area contributed by atoms with E-state index in [9.17, 15) is 0 Å². The van der Waals surface area contributed by atoms with Crippen molar-refractivity contribution in [2.24, 2.45) is 0 Å². The highest BCUT2D eigenvalue weighted by atomic mass is 32.1. The Morgan fingerprint density at radius 3 is 3.00 bits per heavy atom. The van der Waals surface area contributed by atoms with Crippen molar-refractivity contribution < 1.29 is 4.74 Å². The molecule has 6 heteroatoms. The van der Waals surface area contributed by atoms with Crippen LogP contribution in [0.15, 0.2) is 23.7 Å². The average molecular weight is 318 g/mol. The molecule has 1 saturated heterocycles. The Kier molecular flexibility index (Phi) is 4.71. The van der Waals surface area contributed by atoms with Crippen LogP contribution in [0, 0.1) is 6.92 Å². The minimum absolute atomic E-state index is 0.0434. The maximum atomic E-state index is 5.94. The molecule has 0 bridgehead atoms. The van der Waals surface area contributed by atoms with Gasteiger partial charge in [0.15, 0.2) is 0 Å². The van der Waals surface area contributed by atoms with Crippen molar-refractivity contribution in [2.75, 3.05) is 38.7 Å². The summed E-state index contributed by atoms with van der Waals surface area (Å²) in [5.41, 5.74) is 4.07. The monoisotopic (exact) mass is 318 g/mol. The van der Waals surface area contributed by atoms with Crippen LogP contribution >= 0.6 is 11.3 Å². The van der Waals surface area contributed by atoms with Gasteiger partial charge in [-0.25, -0.2) is 9.97 Å². The van der Waals surface area contributed by atoms with Crippen molar-refractivity contribution in [3.63, 3.8) is 0 Å². The number of nitrogens with zero attached hydrogens (tertiary/aromatic N) is 4. The van der Waals surface area contributed by atoms with Crippen molar-refractivity contribution in [1.29, 1.82) is 0 Å². The summed E-state index contributed by atoms with van der Waals surface area (Å²) in [7, 11) is 4.01. The quantitative estimate of drug-likeness (QED) is 0.866. The number of hydrogen-bond donors (Lipinski definition) is 0. The molecule has 0 saturated carbocycles. The Labute approximate surface area is 135 Å². The van der Waals surface area contributed by atoms with E-state index in [0.717, 1.165) is 43.4 Å². The average Bonchev–Trinajstić information content (AvgIpc) is 2.93. The third kappa shape index (κ3) is 3.45. The summed E-state index contributed by atoms with van der Waals surface area (Å²) < 4.78 is 5.94. The summed E-state index contributed by atoms with van der Waals surface area (Å²) in [6.45, 7) is 5.61. The number of morpholine rings is 1. The molecule has 0 aromatic carbocycles. The maximum absolute atomic E-state index is 5.94. The largest absolute Gasteiger partial charge is 0.369 e. The standard InChI is InChI=1S/C16H22N4OS/c1-12-15(22-11-17-12)10-20-7-8-21-14(9-20)13-5-4-6-16(18-13)19(2)3/h4-6,11,14H,7-10H2,1-3H3/t14-/m0/s1.